The molecule has 42 valence electrons. The zero-order valence-electron chi connectivity index (χ0n) is 2.81. The van der Waals surface area contributed by atoms with Crippen molar-refractivity contribution in [3.63, 3.8) is 0 Å². The van der Waals surface area contributed by atoms with Gasteiger partial charge >= 0.3 is 38.6 Å². The first-order chi connectivity index (χ1) is 2.64. The molecule has 5 N–H and O–H groups in total. The molecule has 0 saturated heterocycles. The van der Waals surface area contributed by atoms with Crippen LogP contribution in [0, 0.1) is 0 Å². The first-order valence-electron chi connectivity index (χ1n) is 0.927. The molecule has 0 bridgehead atoms. The number of hydrogen-bond acceptors (Lipinski definition) is 3. The summed E-state index contributed by atoms with van der Waals surface area (Å²) in [6.07, 6.45) is 0. The van der Waals surface area contributed by atoms with E-state index in [1.54, 1.807) is 0 Å². The molecule has 0 aromatic heterocycles. The second-order valence-electron chi connectivity index (χ2n) is 0.495. The van der Waals surface area contributed by atoms with Crippen LogP contribution >= 0.6 is 0 Å². The molecular formula is CH5CuN2O2. The van der Waals surface area contributed by atoms with Crippen molar-refractivity contribution in [1.29, 1.82) is 0 Å². The van der Waals surface area contributed by atoms with Crippen molar-refractivity contribution in [2.45, 2.75) is 0 Å². The molecule has 4 nitrogen and oxygen atoms in total. The van der Waals surface area contributed by atoms with E-state index < -0.39 is 19.2 Å². The van der Waals surface area contributed by atoms with Crippen molar-refractivity contribution < 1.29 is 24.2 Å². The fourth-order valence-corrected chi connectivity index (χ4v) is 0. The Morgan fingerprint density at radius 1 is 1.67 bits per heavy atom. The van der Waals surface area contributed by atoms with Crippen LogP contribution in [0.5, 0.6) is 0 Å². The van der Waals surface area contributed by atoms with Crippen molar-refractivity contribution in [2.75, 3.05) is 0 Å². The zero-order valence-corrected chi connectivity index (χ0v) is 3.75. The van der Waals surface area contributed by atoms with E-state index in [4.69, 9.17) is 5.11 Å². The van der Waals surface area contributed by atoms with Gasteiger partial charge in [0.05, 0.1) is 0 Å². The van der Waals surface area contributed by atoms with Gasteiger partial charge in [-0.2, -0.15) is 0 Å². The molecule has 0 fully saturated rings. The summed E-state index contributed by atoms with van der Waals surface area (Å²) in [5.41, 5.74) is 0. The average molecular weight is 141 g/mol. The van der Waals surface area contributed by atoms with Crippen molar-refractivity contribution in [1.82, 2.24) is 0 Å². The van der Waals surface area contributed by atoms with Crippen LogP contribution in [0.15, 0.2) is 0 Å². The van der Waals surface area contributed by atoms with Gasteiger partial charge in [-0.15, -0.1) is 0 Å². The van der Waals surface area contributed by atoms with Crippen molar-refractivity contribution in [3.05, 3.63) is 0 Å². The third kappa shape index (κ3) is 2.17. The monoisotopic (exact) mass is 140 g/mol. The van der Waals surface area contributed by atoms with Gasteiger partial charge in [0.1, 0.15) is 0 Å². The van der Waals surface area contributed by atoms with Gasteiger partial charge < -0.3 is 0 Å². The second kappa shape index (κ2) is 2.15. The number of carbonyl (C=O) groups is 1. The first kappa shape index (κ1) is 5.91. The topological polar surface area (TPSA) is 89.3 Å². The maximum absolute atomic E-state index is 9.46. The van der Waals surface area contributed by atoms with Crippen molar-refractivity contribution in [2.24, 2.45) is 9.50 Å². The third-order valence-electron chi connectivity index (χ3n) is 0.149. The Balaban J connectivity index is 3.26. The second-order valence-corrected chi connectivity index (χ2v) is 1.76. The van der Waals surface area contributed by atoms with Gasteiger partial charge in [-0.05, 0) is 0 Å². The molecule has 0 spiro atoms. The van der Waals surface area contributed by atoms with E-state index in [1.807, 2.05) is 0 Å². The summed E-state index contributed by atoms with van der Waals surface area (Å²) in [5.74, 6) is 0. The fraction of sp³-hybridized carbons (Fsp3) is 0. The molecule has 0 aliphatic heterocycles. The van der Waals surface area contributed by atoms with Crippen LogP contribution in [0.2, 0.25) is 0 Å². The summed E-state index contributed by atoms with van der Waals surface area (Å²) in [7, 11) is 0. The van der Waals surface area contributed by atoms with Gasteiger partial charge in [0.15, 0.2) is 0 Å². The molecule has 5 heteroatoms. The van der Waals surface area contributed by atoms with Crippen molar-refractivity contribution in [3.8, 4) is 0 Å². The standard InChI is InChI=1S/CHO2.Cu.2H2N/c2-1-3;;;/h(H,2,3);;2*1H2/q;+2;2*-1. The Morgan fingerprint density at radius 3 is 1.83 bits per heavy atom. The van der Waals surface area contributed by atoms with Gasteiger partial charge in [-0.3, -0.25) is 0 Å². The van der Waals surface area contributed by atoms with E-state index in [0.717, 1.165) is 0 Å². The first-order valence-corrected chi connectivity index (χ1v) is 2.48. The Bertz CT molecular complexity index is 62.6. The Hall–Kier alpha value is -0.0905. The zero-order chi connectivity index (χ0) is 5.15. The molecule has 0 unspecified atom stereocenters. The van der Waals surface area contributed by atoms with Crippen LogP contribution in [0.4, 0.5) is 4.79 Å². The molecule has 6 heavy (non-hydrogen) atoms. The fourth-order valence-electron chi connectivity index (χ4n) is 0. The molecule has 0 aromatic rings. The summed E-state index contributed by atoms with van der Waals surface area (Å²) >= 11 is -1.40. The molecule has 0 rings (SSSR count). The van der Waals surface area contributed by atoms with E-state index >= 15 is 0 Å². The van der Waals surface area contributed by atoms with E-state index in [0.29, 0.717) is 0 Å². The molecule has 0 radical (unpaired) electrons. The molecular weight excluding hydrogens is 136 g/mol. The minimum absolute atomic E-state index is 1.16. The predicted molar refractivity (Wildman–Crippen MR) is 16.4 cm³/mol. The van der Waals surface area contributed by atoms with Crippen LogP contribution < -0.4 is 9.50 Å². The number of nitrogens with two attached hydrogens (primary N) is 2. The third-order valence-corrected chi connectivity index (χ3v) is 0.614. The predicted octanol–water partition coefficient (Wildman–Crippen LogP) is -0.970. The van der Waals surface area contributed by atoms with E-state index in [-0.39, 0.29) is 0 Å². The molecule has 0 atom stereocenters. The van der Waals surface area contributed by atoms with Crippen molar-refractivity contribution >= 4 is 4.87 Å². The van der Waals surface area contributed by atoms with Crippen LogP contribution in [0.1, 0.15) is 0 Å². The van der Waals surface area contributed by atoms with Gasteiger partial charge in [0, 0.05) is 0 Å². The summed E-state index contributed by atoms with van der Waals surface area (Å²) in [4.78, 5) is 8.29. The van der Waals surface area contributed by atoms with E-state index in [2.05, 4.69) is 9.50 Å². The Kier molecular flexibility index (Phi) is 2.12. The summed E-state index contributed by atoms with van der Waals surface area (Å²) in [6, 6.07) is 0. The van der Waals surface area contributed by atoms with E-state index in [9.17, 15) is 4.79 Å². The SMILES string of the molecule is [NH2][Cu]([NH2])[C](=O)O. The van der Waals surface area contributed by atoms with Crippen LogP contribution in [-0.2, 0) is 14.3 Å². The maximum atomic E-state index is 9.46. The number of carboxylic acid groups (broad SMARTS) is 1. The summed E-state index contributed by atoms with van der Waals surface area (Å²) < 4.78 is 9.27. The van der Waals surface area contributed by atoms with E-state index in [1.165, 1.54) is 0 Å². The molecule has 0 saturated carbocycles. The number of rotatable bonds is 1. The quantitative estimate of drug-likeness (QED) is 0.409. The minimum atomic E-state index is -1.40. The van der Waals surface area contributed by atoms with Gasteiger partial charge in [0.2, 0.25) is 0 Å². The van der Waals surface area contributed by atoms with Crippen LogP contribution in [0.3, 0.4) is 0 Å². The molecule has 0 amide bonds. The van der Waals surface area contributed by atoms with Gasteiger partial charge in [0.25, 0.3) is 0 Å². The summed E-state index contributed by atoms with van der Waals surface area (Å²) in [6.45, 7) is 0. The molecule has 0 heterocycles. The average Bonchev–Trinajstić information content (AvgIpc) is 1.36. The normalized spacial score (nSPS) is 10.7. The Morgan fingerprint density at radius 2 is 1.83 bits per heavy atom. The van der Waals surface area contributed by atoms with Gasteiger partial charge in [-0.25, -0.2) is 0 Å². The van der Waals surface area contributed by atoms with Crippen LogP contribution in [-0.4, -0.2) is 9.97 Å². The van der Waals surface area contributed by atoms with Crippen LogP contribution in [0.25, 0.3) is 0 Å². The molecule has 0 aromatic carbocycles. The number of hydrogen-bond donors (Lipinski definition) is 3. The summed E-state index contributed by atoms with van der Waals surface area (Å²) in [5, 5.41) is 7.75. The molecule has 0 aliphatic carbocycles. The molecule has 0 aliphatic rings. The van der Waals surface area contributed by atoms with Gasteiger partial charge in [-0.1, -0.05) is 0 Å². The Labute approximate surface area is 39.4 Å².